The first kappa shape index (κ1) is 17.5. The topological polar surface area (TPSA) is 65.5 Å². The summed E-state index contributed by atoms with van der Waals surface area (Å²) in [7, 11) is 0. The highest BCUT2D eigenvalue weighted by Gasteiger charge is 2.16. The maximum atomic E-state index is 13.3. The van der Waals surface area contributed by atoms with Gasteiger partial charge in [0.25, 0.3) is 5.91 Å². The van der Waals surface area contributed by atoms with Crippen molar-refractivity contribution in [2.45, 2.75) is 18.9 Å². The highest BCUT2D eigenvalue weighted by atomic mass is 19.1. The Kier molecular flexibility index (Phi) is 5.73. The molecular formula is C19H22FN3O2. The van der Waals surface area contributed by atoms with E-state index in [2.05, 4.69) is 15.2 Å². The molecule has 0 bridgehead atoms. The van der Waals surface area contributed by atoms with Gasteiger partial charge in [0, 0.05) is 37.9 Å². The fourth-order valence-electron chi connectivity index (χ4n) is 2.92. The molecule has 0 saturated carbocycles. The Bertz CT molecular complexity index is 713. The van der Waals surface area contributed by atoms with E-state index < -0.39 is 0 Å². The molecule has 0 spiro atoms. The summed E-state index contributed by atoms with van der Waals surface area (Å²) in [5.74, 6) is -0.485. The lowest BCUT2D eigenvalue weighted by atomic mass is 10.1. The Morgan fingerprint density at radius 1 is 1.28 bits per heavy atom. The predicted octanol–water partition coefficient (Wildman–Crippen LogP) is 2.07. The monoisotopic (exact) mass is 343 g/mol. The van der Waals surface area contributed by atoms with Gasteiger partial charge in [-0.05, 0) is 37.1 Å². The van der Waals surface area contributed by atoms with E-state index >= 15 is 0 Å². The van der Waals surface area contributed by atoms with Gasteiger partial charge in [-0.3, -0.25) is 9.78 Å². The van der Waals surface area contributed by atoms with Crippen LogP contribution in [0, 0.1) is 5.82 Å². The number of aliphatic hydroxyl groups is 1. The molecule has 2 N–H and O–H groups in total. The number of aliphatic hydroxyl groups excluding tert-OH is 1. The van der Waals surface area contributed by atoms with Crippen LogP contribution in [0.4, 0.5) is 4.39 Å². The van der Waals surface area contributed by atoms with Gasteiger partial charge in [0.05, 0.1) is 17.4 Å². The molecule has 132 valence electrons. The minimum atomic E-state index is -0.314. The summed E-state index contributed by atoms with van der Waals surface area (Å²) in [6.07, 6.45) is 2.90. The average Bonchev–Trinajstić information content (AvgIpc) is 2.63. The van der Waals surface area contributed by atoms with Gasteiger partial charge < -0.3 is 15.3 Å². The molecule has 6 heteroatoms. The van der Waals surface area contributed by atoms with Gasteiger partial charge in [0.2, 0.25) is 0 Å². The lowest BCUT2D eigenvalue weighted by Crippen LogP contribution is -2.40. The van der Waals surface area contributed by atoms with Gasteiger partial charge in [-0.1, -0.05) is 12.1 Å². The van der Waals surface area contributed by atoms with Gasteiger partial charge in [-0.2, -0.15) is 0 Å². The van der Waals surface area contributed by atoms with Crippen LogP contribution in [0.2, 0.25) is 0 Å². The van der Waals surface area contributed by atoms with Crippen molar-refractivity contribution in [3.63, 3.8) is 0 Å². The van der Waals surface area contributed by atoms with Crippen LogP contribution in [-0.2, 0) is 0 Å². The molecule has 0 aliphatic carbocycles. The number of hydrogen-bond acceptors (Lipinski definition) is 4. The Morgan fingerprint density at radius 2 is 2.08 bits per heavy atom. The van der Waals surface area contributed by atoms with Crippen LogP contribution in [0.3, 0.4) is 0 Å². The molecule has 1 saturated heterocycles. The number of carbonyl (C=O) groups is 1. The van der Waals surface area contributed by atoms with E-state index in [9.17, 15) is 14.3 Å². The molecule has 0 atom stereocenters. The standard InChI is InChI=1S/C19H22FN3O2/c20-16-3-1-2-14(12-16)18-5-4-15(13-22-18)19(25)21-8-11-23-9-6-17(24)7-10-23/h1-5,12-13,17,24H,6-11H2,(H,21,25). The molecule has 25 heavy (non-hydrogen) atoms. The quantitative estimate of drug-likeness (QED) is 0.872. The zero-order valence-electron chi connectivity index (χ0n) is 14.0. The zero-order chi connectivity index (χ0) is 17.6. The van der Waals surface area contributed by atoms with Crippen LogP contribution in [0.5, 0.6) is 0 Å². The molecule has 1 aliphatic heterocycles. The second-order valence-electron chi connectivity index (χ2n) is 6.27. The van der Waals surface area contributed by atoms with Crippen molar-refractivity contribution >= 4 is 5.91 Å². The van der Waals surface area contributed by atoms with E-state index in [0.29, 0.717) is 23.4 Å². The van der Waals surface area contributed by atoms with Crippen LogP contribution < -0.4 is 5.32 Å². The summed E-state index contributed by atoms with van der Waals surface area (Å²) in [6.45, 7) is 3.05. The molecule has 2 aromatic rings. The Balaban J connectivity index is 1.51. The van der Waals surface area contributed by atoms with Crippen molar-refractivity contribution < 1.29 is 14.3 Å². The molecule has 2 heterocycles. The smallest absolute Gasteiger partial charge is 0.252 e. The molecule has 1 aromatic carbocycles. The predicted molar refractivity (Wildman–Crippen MR) is 93.6 cm³/mol. The second kappa shape index (κ2) is 8.18. The van der Waals surface area contributed by atoms with Crippen molar-refractivity contribution in [3.8, 4) is 11.3 Å². The number of hydrogen-bond donors (Lipinski definition) is 2. The van der Waals surface area contributed by atoms with E-state index in [1.807, 2.05) is 0 Å². The number of rotatable bonds is 5. The maximum Gasteiger partial charge on any atom is 0.252 e. The van der Waals surface area contributed by atoms with Gasteiger partial charge in [0.15, 0.2) is 0 Å². The Hall–Kier alpha value is -2.31. The highest BCUT2D eigenvalue weighted by molar-refractivity contribution is 5.94. The van der Waals surface area contributed by atoms with Crippen molar-refractivity contribution in [2.75, 3.05) is 26.2 Å². The number of likely N-dealkylation sites (tertiary alicyclic amines) is 1. The lowest BCUT2D eigenvalue weighted by Gasteiger charge is -2.29. The SMILES string of the molecule is O=C(NCCN1CCC(O)CC1)c1ccc(-c2cccc(F)c2)nc1. The first-order valence-corrected chi connectivity index (χ1v) is 8.52. The number of piperidine rings is 1. The number of nitrogens with zero attached hydrogens (tertiary/aromatic N) is 2. The second-order valence-corrected chi connectivity index (χ2v) is 6.27. The zero-order valence-corrected chi connectivity index (χ0v) is 14.0. The minimum Gasteiger partial charge on any atom is -0.393 e. The third-order valence-electron chi connectivity index (χ3n) is 4.42. The molecule has 3 rings (SSSR count). The molecule has 1 fully saturated rings. The number of pyridine rings is 1. The maximum absolute atomic E-state index is 13.3. The fourth-order valence-corrected chi connectivity index (χ4v) is 2.92. The van der Waals surface area contributed by atoms with Gasteiger partial charge in [0.1, 0.15) is 5.82 Å². The summed E-state index contributed by atoms with van der Waals surface area (Å²) in [5, 5.41) is 12.4. The van der Waals surface area contributed by atoms with Gasteiger partial charge in [-0.25, -0.2) is 4.39 Å². The molecular weight excluding hydrogens is 321 g/mol. The molecule has 1 aliphatic rings. The van der Waals surface area contributed by atoms with Crippen LogP contribution in [-0.4, -0.2) is 53.2 Å². The van der Waals surface area contributed by atoms with Gasteiger partial charge in [-0.15, -0.1) is 0 Å². The Morgan fingerprint density at radius 3 is 2.76 bits per heavy atom. The van der Waals surface area contributed by atoms with E-state index in [0.717, 1.165) is 32.5 Å². The number of benzene rings is 1. The molecule has 5 nitrogen and oxygen atoms in total. The Labute approximate surface area is 146 Å². The van der Waals surface area contributed by atoms with Crippen LogP contribution in [0.25, 0.3) is 11.3 Å². The van der Waals surface area contributed by atoms with E-state index in [1.165, 1.54) is 18.3 Å². The fraction of sp³-hybridized carbons (Fsp3) is 0.368. The lowest BCUT2D eigenvalue weighted by molar-refractivity contribution is 0.0804. The van der Waals surface area contributed by atoms with E-state index in [1.54, 1.807) is 24.3 Å². The number of aromatic nitrogens is 1. The molecule has 1 aromatic heterocycles. The summed E-state index contributed by atoms with van der Waals surface area (Å²) >= 11 is 0. The summed E-state index contributed by atoms with van der Waals surface area (Å²) in [4.78, 5) is 18.7. The first-order valence-electron chi connectivity index (χ1n) is 8.52. The van der Waals surface area contributed by atoms with E-state index in [4.69, 9.17) is 0 Å². The highest BCUT2D eigenvalue weighted by Crippen LogP contribution is 2.18. The molecule has 0 radical (unpaired) electrons. The van der Waals surface area contributed by atoms with Crippen molar-refractivity contribution in [2.24, 2.45) is 0 Å². The number of amides is 1. The van der Waals surface area contributed by atoms with Crippen molar-refractivity contribution in [1.82, 2.24) is 15.2 Å². The summed E-state index contributed by atoms with van der Waals surface area (Å²) in [6, 6.07) is 9.62. The summed E-state index contributed by atoms with van der Waals surface area (Å²) in [5.41, 5.74) is 1.79. The van der Waals surface area contributed by atoms with Crippen molar-refractivity contribution in [3.05, 3.63) is 54.0 Å². The normalized spacial score (nSPS) is 15.9. The first-order chi connectivity index (χ1) is 12.1. The van der Waals surface area contributed by atoms with Crippen molar-refractivity contribution in [1.29, 1.82) is 0 Å². The average molecular weight is 343 g/mol. The van der Waals surface area contributed by atoms with E-state index in [-0.39, 0.29) is 17.8 Å². The number of halogens is 1. The van der Waals surface area contributed by atoms with Crippen LogP contribution in [0.15, 0.2) is 42.6 Å². The number of carbonyl (C=O) groups excluding carboxylic acids is 1. The number of nitrogens with one attached hydrogen (secondary N) is 1. The van der Waals surface area contributed by atoms with Crippen LogP contribution in [0.1, 0.15) is 23.2 Å². The minimum absolute atomic E-state index is 0.171. The third kappa shape index (κ3) is 4.84. The third-order valence-corrected chi connectivity index (χ3v) is 4.42. The van der Waals surface area contributed by atoms with Crippen LogP contribution >= 0.6 is 0 Å². The van der Waals surface area contributed by atoms with Gasteiger partial charge >= 0.3 is 0 Å². The molecule has 1 amide bonds. The molecule has 0 unspecified atom stereocenters. The largest absolute Gasteiger partial charge is 0.393 e. The summed E-state index contributed by atoms with van der Waals surface area (Å²) < 4.78 is 13.3.